The normalized spacial score (nSPS) is 14.0. The summed E-state index contributed by atoms with van der Waals surface area (Å²) in [5.74, 6) is -4.21. The summed E-state index contributed by atoms with van der Waals surface area (Å²) in [6.07, 6.45) is -0.676. The number of carboxylic acid groups (broad SMARTS) is 2. The molecule has 0 radical (unpaired) electrons. The van der Waals surface area contributed by atoms with Crippen molar-refractivity contribution in [2.24, 2.45) is 5.73 Å². The van der Waals surface area contributed by atoms with Gasteiger partial charge >= 0.3 is 11.9 Å². The van der Waals surface area contributed by atoms with Gasteiger partial charge in [0.15, 0.2) is 0 Å². The fourth-order valence-electron chi connectivity index (χ4n) is 2.01. The summed E-state index contributed by atoms with van der Waals surface area (Å²) < 4.78 is 0. The molecule has 1 aromatic carbocycles. The van der Waals surface area contributed by atoms with Crippen LogP contribution in [0.1, 0.15) is 18.9 Å². The van der Waals surface area contributed by atoms with Gasteiger partial charge in [0.25, 0.3) is 0 Å². The molecule has 0 spiro atoms. The fraction of sp³-hybridized carbons (Fsp3) is 0.375. The highest BCUT2D eigenvalue weighted by molar-refractivity contribution is 5.93. The Kier molecular flexibility index (Phi) is 7.54. The zero-order valence-corrected chi connectivity index (χ0v) is 13.6. The van der Waals surface area contributed by atoms with Gasteiger partial charge in [0, 0.05) is 6.42 Å². The molecule has 3 unspecified atom stereocenters. The van der Waals surface area contributed by atoms with Crippen molar-refractivity contribution in [2.75, 3.05) is 0 Å². The van der Waals surface area contributed by atoms with E-state index in [1.807, 2.05) is 0 Å². The summed E-state index contributed by atoms with van der Waals surface area (Å²) in [4.78, 5) is 46.1. The zero-order valence-electron chi connectivity index (χ0n) is 13.6. The molecule has 25 heavy (non-hydrogen) atoms. The lowest BCUT2D eigenvalue weighted by Gasteiger charge is -2.21. The van der Waals surface area contributed by atoms with Crippen LogP contribution < -0.4 is 16.4 Å². The van der Waals surface area contributed by atoms with E-state index in [1.165, 1.54) is 6.92 Å². The van der Waals surface area contributed by atoms with Crippen LogP contribution in [-0.4, -0.2) is 52.1 Å². The molecule has 1 rings (SSSR count). The van der Waals surface area contributed by atoms with Crippen molar-refractivity contribution >= 4 is 23.8 Å². The van der Waals surface area contributed by atoms with E-state index in [2.05, 4.69) is 10.6 Å². The van der Waals surface area contributed by atoms with Crippen LogP contribution in [0.15, 0.2) is 30.3 Å². The van der Waals surface area contributed by atoms with Gasteiger partial charge in [-0.05, 0) is 12.5 Å². The summed E-state index contributed by atoms with van der Waals surface area (Å²) in [6, 6.07) is 5.00. The quantitative estimate of drug-likeness (QED) is 0.386. The molecule has 9 nitrogen and oxygen atoms in total. The number of carbonyl (C=O) groups is 4. The molecule has 0 aliphatic heterocycles. The van der Waals surface area contributed by atoms with Crippen LogP contribution in [0, 0.1) is 0 Å². The van der Waals surface area contributed by atoms with Gasteiger partial charge in [0.1, 0.15) is 12.1 Å². The van der Waals surface area contributed by atoms with Crippen molar-refractivity contribution < 1.29 is 29.4 Å². The molecular formula is C16H21N3O6. The second-order valence-corrected chi connectivity index (χ2v) is 5.54. The molecule has 0 heterocycles. The minimum Gasteiger partial charge on any atom is -0.481 e. The molecule has 3 atom stereocenters. The van der Waals surface area contributed by atoms with E-state index in [9.17, 15) is 24.3 Å². The van der Waals surface area contributed by atoms with Crippen LogP contribution in [-0.2, 0) is 25.6 Å². The Bertz CT molecular complexity index is 632. The minimum absolute atomic E-state index is 0.0168. The van der Waals surface area contributed by atoms with E-state index < -0.39 is 48.3 Å². The lowest BCUT2D eigenvalue weighted by atomic mass is 10.1. The molecule has 136 valence electrons. The SMILES string of the molecule is CC(N)C(=O)NC(CC(=O)O)C(=O)NC(Cc1ccccc1)C(=O)O. The van der Waals surface area contributed by atoms with Crippen LogP contribution in [0.3, 0.4) is 0 Å². The Labute approximate surface area is 144 Å². The van der Waals surface area contributed by atoms with E-state index in [1.54, 1.807) is 30.3 Å². The van der Waals surface area contributed by atoms with Gasteiger partial charge in [-0.3, -0.25) is 14.4 Å². The number of nitrogens with two attached hydrogens (primary N) is 1. The molecule has 0 aliphatic carbocycles. The Balaban J connectivity index is 2.84. The molecule has 0 saturated carbocycles. The van der Waals surface area contributed by atoms with Crippen LogP contribution in [0.25, 0.3) is 0 Å². The summed E-state index contributed by atoms with van der Waals surface area (Å²) in [5.41, 5.74) is 6.07. The average Bonchev–Trinajstić information content (AvgIpc) is 2.53. The molecule has 0 bridgehead atoms. The maximum Gasteiger partial charge on any atom is 0.326 e. The molecular weight excluding hydrogens is 330 g/mol. The molecule has 6 N–H and O–H groups in total. The summed E-state index contributed by atoms with van der Waals surface area (Å²) in [5, 5.41) is 22.6. The first kappa shape index (κ1) is 20.1. The Morgan fingerprint density at radius 2 is 1.56 bits per heavy atom. The summed E-state index contributed by atoms with van der Waals surface area (Å²) in [6.45, 7) is 1.38. The molecule has 0 fully saturated rings. The highest BCUT2D eigenvalue weighted by Gasteiger charge is 2.29. The highest BCUT2D eigenvalue weighted by Crippen LogP contribution is 2.05. The Morgan fingerprint density at radius 1 is 1.00 bits per heavy atom. The van der Waals surface area contributed by atoms with Crippen molar-refractivity contribution in [3.05, 3.63) is 35.9 Å². The second-order valence-electron chi connectivity index (χ2n) is 5.54. The number of aliphatic carboxylic acids is 2. The number of rotatable bonds is 9. The number of benzene rings is 1. The largest absolute Gasteiger partial charge is 0.481 e. The van der Waals surface area contributed by atoms with Crippen LogP contribution in [0.5, 0.6) is 0 Å². The first-order chi connectivity index (χ1) is 11.7. The molecule has 2 amide bonds. The average molecular weight is 351 g/mol. The molecule has 0 aromatic heterocycles. The van der Waals surface area contributed by atoms with Crippen LogP contribution >= 0.6 is 0 Å². The first-order valence-corrected chi connectivity index (χ1v) is 7.55. The first-order valence-electron chi connectivity index (χ1n) is 7.55. The van der Waals surface area contributed by atoms with E-state index >= 15 is 0 Å². The lowest BCUT2D eigenvalue weighted by molar-refractivity contribution is -0.143. The van der Waals surface area contributed by atoms with Crippen molar-refractivity contribution in [1.82, 2.24) is 10.6 Å². The smallest absolute Gasteiger partial charge is 0.326 e. The number of amides is 2. The predicted octanol–water partition coefficient (Wildman–Crippen LogP) is -0.895. The zero-order chi connectivity index (χ0) is 19.0. The number of hydrogen-bond acceptors (Lipinski definition) is 5. The van der Waals surface area contributed by atoms with Gasteiger partial charge in [0.2, 0.25) is 11.8 Å². The van der Waals surface area contributed by atoms with E-state index in [0.29, 0.717) is 5.56 Å². The number of hydrogen-bond donors (Lipinski definition) is 5. The minimum atomic E-state index is -1.42. The predicted molar refractivity (Wildman–Crippen MR) is 87.5 cm³/mol. The molecule has 0 saturated heterocycles. The van der Waals surface area contributed by atoms with E-state index in [4.69, 9.17) is 10.8 Å². The number of carbonyl (C=O) groups excluding carboxylic acids is 2. The Hall–Kier alpha value is -2.94. The number of carboxylic acids is 2. The van der Waals surface area contributed by atoms with Crippen molar-refractivity contribution in [2.45, 2.75) is 37.9 Å². The maximum atomic E-state index is 12.2. The second kappa shape index (κ2) is 9.38. The van der Waals surface area contributed by atoms with E-state index in [0.717, 1.165) is 0 Å². The molecule has 0 aliphatic rings. The Morgan fingerprint density at radius 3 is 2.04 bits per heavy atom. The third-order valence-corrected chi connectivity index (χ3v) is 3.32. The van der Waals surface area contributed by atoms with Crippen molar-refractivity contribution in [3.8, 4) is 0 Å². The van der Waals surface area contributed by atoms with E-state index in [-0.39, 0.29) is 6.42 Å². The van der Waals surface area contributed by atoms with Gasteiger partial charge in [-0.25, -0.2) is 4.79 Å². The van der Waals surface area contributed by atoms with Crippen LogP contribution in [0.4, 0.5) is 0 Å². The van der Waals surface area contributed by atoms with Gasteiger partial charge in [0.05, 0.1) is 12.5 Å². The van der Waals surface area contributed by atoms with Crippen LogP contribution in [0.2, 0.25) is 0 Å². The highest BCUT2D eigenvalue weighted by atomic mass is 16.4. The van der Waals surface area contributed by atoms with Gasteiger partial charge in [-0.1, -0.05) is 30.3 Å². The molecule has 1 aromatic rings. The topological polar surface area (TPSA) is 159 Å². The monoisotopic (exact) mass is 351 g/mol. The van der Waals surface area contributed by atoms with Crippen molar-refractivity contribution in [3.63, 3.8) is 0 Å². The third kappa shape index (κ3) is 7.00. The lowest BCUT2D eigenvalue weighted by Crippen LogP contribution is -2.55. The molecule has 9 heteroatoms. The van der Waals surface area contributed by atoms with Gasteiger partial charge in [-0.2, -0.15) is 0 Å². The summed E-state index contributed by atoms with van der Waals surface area (Å²) >= 11 is 0. The maximum absolute atomic E-state index is 12.2. The third-order valence-electron chi connectivity index (χ3n) is 3.32. The summed E-state index contributed by atoms with van der Waals surface area (Å²) in [7, 11) is 0. The standard InChI is InChI=1S/C16H21N3O6/c1-9(17)14(22)18-11(8-13(20)21)15(23)19-12(16(24)25)7-10-5-3-2-4-6-10/h2-6,9,11-12H,7-8,17H2,1H3,(H,18,22)(H,19,23)(H,20,21)(H,24,25). The van der Waals surface area contributed by atoms with Crippen molar-refractivity contribution in [1.29, 1.82) is 0 Å². The number of nitrogens with one attached hydrogen (secondary N) is 2. The fourth-order valence-corrected chi connectivity index (χ4v) is 2.01. The van der Waals surface area contributed by atoms with Gasteiger partial charge < -0.3 is 26.6 Å². The van der Waals surface area contributed by atoms with Gasteiger partial charge in [-0.15, -0.1) is 0 Å².